The Labute approximate surface area is 215 Å². The zero-order chi connectivity index (χ0) is 26.6. The molecule has 0 radical (unpaired) electrons. The second kappa shape index (κ2) is 10.7. The minimum absolute atomic E-state index is 0.200. The van der Waals surface area contributed by atoms with Gasteiger partial charge in [0.1, 0.15) is 5.52 Å². The lowest BCUT2D eigenvalue weighted by Gasteiger charge is -2.12. The van der Waals surface area contributed by atoms with Crippen molar-refractivity contribution in [3.05, 3.63) is 94.4 Å². The maximum absolute atomic E-state index is 12.3. The molecule has 0 unspecified atom stereocenters. The van der Waals surface area contributed by atoms with E-state index >= 15 is 0 Å². The largest absolute Gasteiger partial charge is 0.378 e. The molecule has 1 aromatic heterocycles. The first kappa shape index (κ1) is 25.7. The zero-order valence-corrected chi connectivity index (χ0v) is 21.6. The molecule has 4 rings (SSSR count). The molecule has 0 saturated carbocycles. The summed E-state index contributed by atoms with van der Waals surface area (Å²) < 4.78 is 30.1. The van der Waals surface area contributed by atoms with Gasteiger partial charge < -0.3 is 4.90 Å². The zero-order valence-electron chi connectivity index (χ0n) is 20.7. The average Bonchev–Trinajstić information content (AvgIpc) is 2.89. The van der Waals surface area contributed by atoms with Crippen LogP contribution < -0.4 is 14.7 Å². The van der Waals surface area contributed by atoms with Crippen LogP contribution in [-0.4, -0.2) is 38.0 Å². The van der Waals surface area contributed by atoms with Gasteiger partial charge in [0.2, 0.25) is 0 Å². The van der Waals surface area contributed by atoms with Crippen molar-refractivity contribution in [1.82, 2.24) is 9.71 Å². The van der Waals surface area contributed by atoms with Gasteiger partial charge in [-0.1, -0.05) is 49.4 Å². The van der Waals surface area contributed by atoms with Crippen molar-refractivity contribution in [2.75, 3.05) is 24.7 Å². The minimum Gasteiger partial charge on any atom is -0.378 e. The van der Waals surface area contributed by atoms with E-state index in [1.54, 1.807) is 25.1 Å². The number of hydrogen-bond donors (Lipinski definition) is 0. The average molecular weight is 515 g/mol. The van der Waals surface area contributed by atoms with E-state index in [4.69, 9.17) is 4.28 Å². The summed E-state index contributed by atoms with van der Waals surface area (Å²) in [5.41, 5.74) is 5.01. The highest BCUT2D eigenvalue weighted by molar-refractivity contribution is 7.86. The van der Waals surface area contributed by atoms with Gasteiger partial charge in [-0.25, -0.2) is 4.98 Å². The van der Waals surface area contributed by atoms with Crippen molar-refractivity contribution in [3.8, 4) is 17.2 Å². The van der Waals surface area contributed by atoms with Crippen LogP contribution in [-0.2, 0) is 10.1 Å². The number of allylic oxidation sites excluding steroid dienone is 1. The molecular weight excluding hydrogens is 488 g/mol. The van der Waals surface area contributed by atoms with Crippen molar-refractivity contribution >= 4 is 38.5 Å². The van der Waals surface area contributed by atoms with E-state index < -0.39 is 15.7 Å². The monoisotopic (exact) mass is 514 g/mol. The number of aromatic nitrogens is 2. The van der Waals surface area contributed by atoms with E-state index in [1.807, 2.05) is 73.6 Å². The number of benzene rings is 3. The Kier molecular flexibility index (Phi) is 7.41. The highest BCUT2D eigenvalue weighted by Crippen LogP contribution is 2.26. The third-order valence-electron chi connectivity index (χ3n) is 5.72. The number of nitrogens with zero attached hydrogens (tertiary/aromatic N) is 4. The van der Waals surface area contributed by atoms with Crippen LogP contribution in [0.25, 0.3) is 33.8 Å². The number of fused-ring (bicyclic) bond motifs is 1. The Balaban J connectivity index is 1.63. The topological polar surface area (TPSA) is 105 Å². The molecule has 3 aromatic carbocycles. The van der Waals surface area contributed by atoms with Gasteiger partial charge in [0.25, 0.3) is 0 Å². The molecule has 4 aromatic rings. The first-order chi connectivity index (χ1) is 17.7. The van der Waals surface area contributed by atoms with E-state index in [1.165, 1.54) is 0 Å². The predicted molar refractivity (Wildman–Crippen MR) is 146 cm³/mol. The summed E-state index contributed by atoms with van der Waals surface area (Å²) in [6.07, 6.45) is 3.25. The summed E-state index contributed by atoms with van der Waals surface area (Å²) in [7, 11) is 0.0473. The normalized spacial score (nSPS) is 11.8. The van der Waals surface area contributed by atoms with E-state index in [2.05, 4.69) is 11.1 Å². The van der Waals surface area contributed by atoms with Gasteiger partial charge in [-0.2, -0.15) is 13.7 Å². The highest BCUT2D eigenvalue weighted by Gasteiger charge is 2.16. The molecule has 0 bridgehead atoms. The minimum atomic E-state index is -3.90. The third-order valence-corrected chi connectivity index (χ3v) is 7.01. The smallest absolute Gasteiger partial charge is 0.327 e. The van der Waals surface area contributed by atoms with Gasteiger partial charge in [0.15, 0.2) is 0 Å². The number of nitriles is 1. The summed E-state index contributed by atoms with van der Waals surface area (Å²) in [5.74, 6) is -0.200. The van der Waals surface area contributed by atoms with E-state index in [-0.39, 0.29) is 11.3 Å². The molecule has 37 heavy (non-hydrogen) atoms. The summed E-state index contributed by atoms with van der Waals surface area (Å²) in [5, 5.41) is 9.73. The molecule has 0 N–H and O–H groups in total. The maximum atomic E-state index is 12.3. The van der Waals surface area contributed by atoms with Crippen LogP contribution in [0.4, 0.5) is 5.69 Å². The van der Waals surface area contributed by atoms with Crippen LogP contribution in [0, 0.1) is 11.3 Å². The van der Waals surface area contributed by atoms with Crippen molar-refractivity contribution < 1.29 is 12.7 Å². The molecule has 0 fully saturated rings. The van der Waals surface area contributed by atoms with Crippen molar-refractivity contribution in [2.45, 2.75) is 13.3 Å². The summed E-state index contributed by atoms with van der Waals surface area (Å²) >= 11 is 0. The lowest BCUT2D eigenvalue weighted by atomic mass is 9.99. The predicted octanol–water partition coefficient (Wildman–Crippen LogP) is 4.36. The summed E-state index contributed by atoms with van der Waals surface area (Å²) in [4.78, 5) is 18.4. The first-order valence-electron chi connectivity index (χ1n) is 11.6. The lowest BCUT2D eigenvalue weighted by molar-refractivity contribution is 0.280. The van der Waals surface area contributed by atoms with Gasteiger partial charge in [-0.05, 0) is 59.0 Å². The molecule has 0 amide bonds. The van der Waals surface area contributed by atoms with Crippen LogP contribution in [0.15, 0.2) is 77.7 Å². The van der Waals surface area contributed by atoms with E-state index in [9.17, 15) is 18.5 Å². The van der Waals surface area contributed by atoms with Crippen LogP contribution in [0.2, 0.25) is 0 Å². The highest BCUT2D eigenvalue weighted by atomic mass is 32.2. The van der Waals surface area contributed by atoms with Crippen molar-refractivity contribution in [2.24, 2.45) is 0 Å². The van der Waals surface area contributed by atoms with E-state index in [0.717, 1.165) is 38.9 Å². The first-order valence-corrected chi connectivity index (χ1v) is 13.2. The van der Waals surface area contributed by atoms with Crippen LogP contribution in [0.5, 0.6) is 0 Å². The fourth-order valence-electron chi connectivity index (χ4n) is 3.81. The van der Waals surface area contributed by atoms with Gasteiger partial charge in [0, 0.05) is 19.8 Å². The molecule has 188 valence electrons. The van der Waals surface area contributed by atoms with Crippen molar-refractivity contribution in [3.63, 3.8) is 0 Å². The fourth-order valence-corrected chi connectivity index (χ4v) is 4.76. The number of rotatable bonds is 8. The molecule has 0 atom stereocenters. The number of anilines is 1. The van der Waals surface area contributed by atoms with Crippen LogP contribution in [0.1, 0.15) is 24.5 Å². The molecule has 0 aliphatic carbocycles. The van der Waals surface area contributed by atoms with E-state index in [0.29, 0.717) is 17.5 Å². The molecule has 0 spiro atoms. The standard InChI is InChI=1S/C28H26N4O4S/c1-4-15-37(34,35)36-32-27-14-11-23(17-26(27)30-19-28(32)33)21-7-9-22(10-8-21)24(18-29)16-20-5-12-25(13-6-20)31(2)3/h5-14,16-17,19H,4,15H2,1-3H3/b24-16+. The molecular formula is C28H26N4O4S. The Morgan fingerprint density at radius 2 is 1.73 bits per heavy atom. The Bertz CT molecular complexity index is 1670. The molecule has 8 nitrogen and oxygen atoms in total. The summed E-state index contributed by atoms with van der Waals surface area (Å²) in [6.45, 7) is 1.71. The van der Waals surface area contributed by atoms with Crippen LogP contribution >= 0.6 is 0 Å². The maximum Gasteiger partial charge on any atom is 0.327 e. The third kappa shape index (κ3) is 5.88. The SMILES string of the molecule is CCCS(=O)(=O)On1c(=O)cnc2cc(-c3ccc(/C(C#N)=C/c4ccc(N(C)C)cc4)cc3)ccc21. The quantitative estimate of drug-likeness (QED) is 0.254. The fraction of sp³-hybridized carbons (Fsp3) is 0.179. The molecule has 0 aliphatic heterocycles. The Morgan fingerprint density at radius 1 is 1.05 bits per heavy atom. The number of hydrogen-bond acceptors (Lipinski definition) is 7. The second-order valence-corrected chi connectivity index (χ2v) is 10.3. The molecule has 0 aliphatic rings. The molecule has 9 heteroatoms. The van der Waals surface area contributed by atoms with Crippen LogP contribution in [0.3, 0.4) is 0 Å². The van der Waals surface area contributed by atoms with Gasteiger partial charge in [-0.15, -0.1) is 4.73 Å². The second-order valence-electron chi connectivity index (χ2n) is 8.66. The Hall–Kier alpha value is -4.42. The summed E-state index contributed by atoms with van der Waals surface area (Å²) in [6, 6.07) is 22.9. The Morgan fingerprint density at radius 3 is 2.35 bits per heavy atom. The van der Waals surface area contributed by atoms with Gasteiger partial charge >= 0.3 is 15.7 Å². The van der Waals surface area contributed by atoms with Gasteiger partial charge in [-0.3, -0.25) is 9.08 Å². The molecule has 1 heterocycles. The van der Waals surface area contributed by atoms with Gasteiger partial charge in [0.05, 0.1) is 29.1 Å². The van der Waals surface area contributed by atoms with Crippen molar-refractivity contribution in [1.29, 1.82) is 5.26 Å². The lowest BCUT2D eigenvalue weighted by Crippen LogP contribution is -2.32. The molecule has 0 saturated heterocycles.